The highest BCUT2D eigenvalue weighted by Crippen LogP contribution is 2.27. The molecular formula is C13H20ClN5. The third-order valence-electron chi connectivity index (χ3n) is 3.63. The van der Waals surface area contributed by atoms with Gasteiger partial charge in [0.05, 0.1) is 11.4 Å². The Morgan fingerprint density at radius 3 is 2.11 bits per heavy atom. The minimum absolute atomic E-state index is 0.117. The first-order chi connectivity index (χ1) is 8.82. The van der Waals surface area contributed by atoms with E-state index in [0.717, 1.165) is 28.2 Å². The van der Waals surface area contributed by atoms with Crippen LogP contribution in [0.4, 0.5) is 0 Å². The maximum absolute atomic E-state index is 6.34. The quantitative estimate of drug-likeness (QED) is 0.936. The lowest BCUT2D eigenvalue weighted by atomic mass is 9.98. The first kappa shape index (κ1) is 14.1. The summed E-state index contributed by atoms with van der Waals surface area (Å²) in [5.74, 6) is 0. The zero-order chi connectivity index (χ0) is 14.3. The van der Waals surface area contributed by atoms with E-state index < -0.39 is 0 Å². The van der Waals surface area contributed by atoms with Crippen LogP contribution in [0, 0.1) is 20.8 Å². The Morgan fingerprint density at radius 2 is 1.68 bits per heavy atom. The van der Waals surface area contributed by atoms with E-state index in [1.807, 2.05) is 39.5 Å². The van der Waals surface area contributed by atoms with Crippen LogP contribution in [0.5, 0.6) is 0 Å². The van der Waals surface area contributed by atoms with Crippen LogP contribution in [0.15, 0.2) is 0 Å². The first-order valence-electron chi connectivity index (χ1n) is 6.26. The molecule has 0 bridgehead atoms. The molecular weight excluding hydrogens is 262 g/mol. The molecule has 2 aromatic heterocycles. The number of nitrogens with two attached hydrogens (primary N) is 1. The molecule has 0 saturated heterocycles. The van der Waals surface area contributed by atoms with Gasteiger partial charge in [0.15, 0.2) is 0 Å². The van der Waals surface area contributed by atoms with Crippen molar-refractivity contribution in [3.05, 3.63) is 33.4 Å². The molecule has 19 heavy (non-hydrogen) atoms. The molecule has 0 saturated carbocycles. The van der Waals surface area contributed by atoms with Gasteiger partial charge in [0.25, 0.3) is 0 Å². The van der Waals surface area contributed by atoms with Crippen molar-refractivity contribution in [2.75, 3.05) is 0 Å². The highest BCUT2D eigenvalue weighted by molar-refractivity contribution is 6.30. The minimum atomic E-state index is -0.117. The Morgan fingerprint density at radius 1 is 1.11 bits per heavy atom. The number of halogens is 1. The Labute approximate surface area is 118 Å². The van der Waals surface area contributed by atoms with Gasteiger partial charge in [-0.15, -0.1) is 0 Å². The maximum Gasteiger partial charge on any atom is 0.130 e. The topological polar surface area (TPSA) is 61.7 Å². The number of rotatable bonds is 3. The summed E-state index contributed by atoms with van der Waals surface area (Å²) in [4.78, 5) is 0. The molecule has 0 aliphatic heterocycles. The molecule has 1 atom stereocenters. The summed E-state index contributed by atoms with van der Waals surface area (Å²) < 4.78 is 3.55. The summed E-state index contributed by atoms with van der Waals surface area (Å²) in [7, 11) is 3.77. The zero-order valence-electron chi connectivity index (χ0n) is 12.0. The van der Waals surface area contributed by atoms with Crippen molar-refractivity contribution < 1.29 is 0 Å². The van der Waals surface area contributed by atoms with Crippen molar-refractivity contribution in [3.8, 4) is 0 Å². The Bertz CT molecular complexity index is 611. The van der Waals surface area contributed by atoms with Crippen LogP contribution in [0.3, 0.4) is 0 Å². The van der Waals surface area contributed by atoms with Crippen molar-refractivity contribution in [2.45, 2.75) is 33.2 Å². The summed E-state index contributed by atoms with van der Waals surface area (Å²) in [5, 5.41) is 9.38. The van der Waals surface area contributed by atoms with Crippen LogP contribution in [-0.4, -0.2) is 19.6 Å². The van der Waals surface area contributed by atoms with E-state index in [1.165, 1.54) is 0 Å². The van der Waals surface area contributed by atoms with Crippen LogP contribution in [0.2, 0.25) is 5.15 Å². The lowest BCUT2D eigenvalue weighted by Gasteiger charge is -2.12. The van der Waals surface area contributed by atoms with Crippen molar-refractivity contribution in [3.63, 3.8) is 0 Å². The van der Waals surface area contributed by atoms with Gasteiger partial charge in [0.1, 0.15) is 5.15 Å². The summed E-state index contributed by atoms with van der Waals surface area (Å²) in [6, 6.07) is -0.117. The van der Waals surface area contributed by atoms with Crippen LogP contribution >= 0.6 is 11.6 Å². The average molecular weight is 282 g/mol. The number of nitrogens with zero attached hydrogens (tertiary/aromatic N) is 4. The van der Waals surface area contributed by atoms with Gasteiger partial charge in [-0.05, 0) is 27.2 Å². The normalized spacial score (nSPS) is 13.0. The number of aryl methyl sites for hydroxylation is 4. The van der Waals surface area contributed by atoms with E-state index in [-0.39, 0.29) is 6.04 Å². The Balaban J connectivity index is 2.33. The molecule has 0 aliphatic rings. The molecule has 0 amide bonds. The van der Waals surface area contributed by atoms with Gasteiger partial charge in [0.2, 0.25) is 0 Å². The Hall–Kier alpha value is -1.33. The molecule has 0 spiro atoms. The van der Waals surface area contributed by atoms with E-state index in [1.54, 1.807) is 4.68 Å². The predicted octanol–water partition coefficient (Wildman–Crippen LogP) is 1.97. The standard InChI is InChI=1S/C13H20ClN5/c1-7-10(13(14)19(5)16-7)6-11(15)12-8(2)17-18(4)9(12)3/h11H,6,15H2,1-5H3. The lowest BCUT2D eigenvalue weighted by Crippen LogP contribution is -2.16. The van der Waals surface area contributed by atoms with Gasteiger partial charge in [-0.3, -0.25) is 9.36 Å². The molecule has 104 valence electrons. The van der Waals surface area contributed by atoms with Gasteiger partial charge >= 0.3 is 0 Å². The summed E-state index contributed by atoms with van der Waals surface area (Å²) in [6.07, 6.45) is 0.672. The van der Waals surface area contributed by atoms with Crippen LogP contribution in [0.25, 0.3) is 0 Å². The molecule has 0 radical (unpaired) electrons. The first-order valence-corrected chi connectivity index (χ1v) is 6.64. The van der Waals surface area contributed by atoms with E-state index in [9.17, 15) is 0 Å². The van der Waals surface area contributed by atoms with E-state index in [2.05, 4.69) is 10.2 Å². The zero-order valence-corrected chi connectivity index (χ0v) is 12.8. The van der Waals surface area contributed by atoms with Crippen LogP contribution in [-0.2, 0) is 20.5 Å². The second-order valence-electron chi connectivity index (χ2n) is 5.00. The van der Waals surface area contributed by atoms with Gasteiger partial charge < -0.3 is 5.73 Å². The van der Waals surface area contributed by atoms with Crippen LogP contribution < -0.4 is 5.73 Å². The molecule has 5 nitrogen and oxygen atoms in total. The fourth-order valence-electron chi connectivity index (χ4n) is 2.55. The largest absolute Gasteiger partial charge is 0.324 e. The number of hydrogen-bond donors (Lipinski definition) is 1. The highest BCUT2D eigenvalue weighted by Gasteiger charge is 2.20. The van der Waals surface area contributed by atoms with Gasteiger partial charge in [0, 0.05) is 37.0 Å². The molecule has 1 unspecified atom stereocenters. The molecule has 0 aromatic carbocycles. The second-order valence-corrected chi connectivity index (χ2v) is 5.36. The second kappa shape index (κ2) is 4.98. The van der Waals surface area contributed by atoms with Gasteiger partial charge in [-0.25, -0.2) is 0 Å². The molecule has 0 fully saturated rings. The average Bonchev–Trinajstić information content (AvgIpc) is 2.70. The summed E-state index contributed by atoms with van der Waals surface area (Å²) in [5.41, 5.74) is 11.5. The molecule has 0 aliphatic carbocycles. The van der Waals surface area contributed by atoms with Gasteiger partial charge in [-0.2, -0.15) is 10.2 Å². The van der Waals surface area contributed by atoms with Crippen molar-refractivity contribution in [1.29, 1.82) is 0 Å². The van der Waals surface area contributed by atoms with Crippen molar-refractivity contribution in [2.24, 2.45) is 19.8 Å². The lowest BCUT2D eigenvalue weighted by molar-refractivity contribution is 0.698. The Kier molecular flexibility index (Phi) is 3.69. The number of hydrogen-bond acceptors (Lipinski definition) is 3. The van der Waals surface area contributed by atoms with E-state index >= 15 is 0 Å². The minimum Gasteiger partial charge on any atom is -0.324 e. The van der Waals surface area contributed by atoms with Gasteiger partial charge in [-0.1, -0.05) is 11.6 Å². The summed E-state index contributed by atoms with van der Waals surface area (Å²) in [6.45, 7) is 5.98. The monoisotopic (exact) mass is 281 g/mol. The van der Waals surface area contributed by atoms with E-state index in [4.69, 9.17) is 17.3 Å². The fraction of sp³-hybridized carbons (Fsp3) is 0.538. The number of aromatic nitrogens is 4. The molecule has 2 aromatic rings. The van der Waals surface area contributed by atoms with Crippen LogP contribution in [0.1, 0.15) is 34.3 Å². The molecule has 6 heteroatoms. The van der Waals surface area contributed by atoms with Crippen molar-refractivity contribution in [1.82, 2.24) is 19.6 Å². The highest BCUT2D eigenvalue weighted by atomic mass is 35.5. The fourth-order valence-corrected chi connectivity index (χ4v) is 2.81. The molecule has 2 rings (SSSR count). The predicted molar refractivity (Wildman–Crippen MR) is 76.3 cm³/mol. The van der Waals surface area contributed by atoms with Crippen molar-refractivity contribution >= 4 is 11.6 Å². The third-order valence-corrected chi connectivity index (χ3v) is 4.10. The summed E-state index contributed by atoms with van der Waals surface area (Å²) >= 11 is 6.25. The smallest absolute Gasteiger partial charge is 0.130 e. The SMILES string of the molecule is Cc1nn(C)c(Cl)c1CC(N)c1c(C)nn(C)c1C. The van der Waals surface area contributed by atoms with E-state index in [0.29, 0.717) is 11.6 Å². The molecule has 2 N–H and O–H groups in total. The third kappa shape index (κ3) is 2.40. The maximum atomic E-state index is 6.34. The molecule has 2 heterocycles.